The van der Waals surface area contributed by atoms with Crippen LogP contribution in [0.5, 0.6) is 0 Å². The van der Waals surface area contributed by atoms with Gasteiger partial charge in [0.05, 0.1) is 0 Å². The van der Waals surface area contributed by atoms with Gasteiger partial charge in [0.1, 0.15) is 0 Å². The maximum Gasteiger partial charge on any atom is 0.328 e. The van der Waals surface area contributed by atoms with Gasteiger partial charge in [-0.2, -0.15) is 0 Å². The number of hydrogen-bond donors (Lipinski definition) is 2. The van der Waals surface area contributed by atoms with Crippen molar-refractivity contribution >= 4 is 11.9 Å². The summed E-state index contributed by atoms with van der Waals surface area (Å²) in [4.78, 5) is 19.1. The van der Waals surface area contributed by atoms with Gasteiger partial charge in [-0.1, -0.05) is 52.4 Å². The van der Waals surface area contributed by atoms with Gasteiger partial charge in [-0.25, -0.2) is 9.59 Å². The van der Waals surface area contributed by atoms with E-state index in [1.54, 1.807) is 0 Å². The molecule has 0 unspecified atom stereocenters. The molecule has 0 amide bonds. The Hall–Kier alpha value is -1.36. The Labute approximate surface area is 128 Å². The van der Waals surface area contributed by atoms with Crippen LogP contribution in [-0.4, -0.2) is 35.4 Å². The second kappa shape index (κ2) is 18.6. The van der Waals surface area contributed by atoms with Crippen LogP contribution in [0.2, 0.25) is 0 Å². The van der Waals surface area contributed by atoms with Crippen LogP contribution in [0, 0.1) is 0 Å². The van der Waals surface area contributed by atoms with Gasteiger partial charge in [0.15, 0.2) is 0 Å². The van der Waals surface area contributed by atoms with E-state index >= 15 is 0 Å². The van der Waals surface area contributed by atoms with Gasteiger partial charge >= 0.3 is 11.9 Å². The third kappa shape index (κ3) is 27.7. The number of ether oxygens (including phenoxy) is 1. The normalized spacial score (nSPS) is 10.2. The summed E-state index contributed by atoms with van der Waals surface area (Å²) in [5.74, 6) is -2.51. The predicted octanol–water partition coefficient (Wildman–Crippen LogP) is 3.88. The lowest BCUT2D eigenvalue weighted by molar-refractivity contribution is -0.134. The lowest BCUT2D eigenvalue weighted by Gasteiger charge is -2.03. The molecule has 0 atom stereocenters. The zero-order valence-electron chi connectivity index (χ0n) is 13.3. The average molecular weight is 302 g/mol. The maximum atomic E-state index is 9.55. The summed E-state index contributed by atoms with van der Waals surface area (Å²) in [6.07, 6.45) is 11.6. The molecular formula is C16H30O5. The molecule has 0 aromatic heterocycles. The van der Waals surface area contributed by atoms with Crippen molar-refractivity contribution in [3.63, 3.8) is 0 Å². The van der Waals surface area contributed by atoms with E-state index in [2.05, 4.69) is 13.8 Å². The molecule has 0 rings (SSSR count). The van der Waals surface area contributed by atoms with E-state index in [0.717, 1.165) is 13.2 Å². The Kier molecular flexibility index (Phi) is 19.5. The van der Waals surface area contributed by atoms with Crippen LogP contribution < -0.4 is 0 Å². The average Bonchev–Trinajstić information content (AvgIpc) is 2.44. The molecule has 5 nitrogen and oxygen atoms in total. The summed E-state index contributed by atoms with van der Waals surface area (Å²) >= 11 is 0. The quantitative estimate of drug-likeness (QED) is 0.422. The molecule has 0 aromatic rings. The molecule has 0 heterocycles. The van der Waals surface area contributed by atoms with Crippen LogP contribution >= 0.6 is 0 Å². The van der Waals surface area contributed by atoms with Crippen molar-refractivity contribution < 1.29 is 24.5 Å². The number of aliphatic carboxylic acids is 2. The predicted molar refractivity (Wildman–Crippen MR) is 83.5 cm³/mol. The van der Waals surface area contributed by atoms with Crippen LogP contribution in [0.3, 0.4) is 0 Å². The van der Waals surface area contributed by atoms with E-state index in [4.69, 9.17) is 14.9 Å². The largest absolute Gasteiger partial charge is 0.478 e. The Morgan fingerprint density at radius 3 is 1.43 bits per heavy atom. The van der Waals surface area contributed by atoms with Crippen molar-refractivity contribution in [1.29, 1.82) is 0 Å². The Balaban J connectivity index is 0. The molecule has 0 bridgehead atoms. The first-order chi connectivity index (χ1) is 10.0. The molecule has 0 saturated heterocycles. The van der Waals surface area contributed by atoms with Gasteiger partial charge in [0.25, 0.3) is 0 Å². The van der Waals surface area contributed by atoms with Crippen molar-refractivity contribution in [2.75, 3.05) is 13.2 Å². The molecule has 0 spiro atoms. The van der Waals surface area contributed by atoms with Crippen LogP contribution in [0.15, 0.2) is 12.2 Å². The highest BCUT2D eigenvalue weighted by atomic mass is 16.5. The summed E-state index contributed by atoms with van der Waals surface area (Å²) in [6.45, 7) is 6.44. The number of carbonyl (C=O) groups is 2. The topological polar surface area (TPSA) is 83.8 Å². The zero-order chi connectivity index (χ0) is 16.3. The van der Waals surface area contributed by atoms with Crippen LogP contribution in [0.4, 0.5) is 0 Å². The monoisotopic (exact) mass is 302 g/mol. The van der Waals surface area contributed by atoms with Crippen molar-refractivity contribution in [1.82, 2.24) is 0 Å². The van der Waals surface area contributed by atoms with Crippen LogP contribution in [0.1, 0.15) is 65.2 Å². The van der Waals surface area contributed by atoms with Gasteiger partial charge < -0.3 is 14.9 Å². The fourth-order valence-corrected chi connectivity index (χ4v) is 1.51. The smallest absolute Gasteiger partial charge is 0.328 e. The molecule has 0 radical (unpaired) electrons. The summed E-state index contributed by atoms with van der Waals surface area (Å²) in [6, 6.07) is 0. The number of carboxylic acids is 2. The molecule has 0 aromatic carbocycles. The lowest BCUT2D eigenvalue weighted by atomic mass is 10.2. The summed E-state index contributed by atoms with van der Waals surface area (Å²) in [5.41, 5.74) is 0. The Morgan fingerprint density at radius 1 is 0.762 bits per heavy atom. The standard InChI is InChI=1S/C12H26O.C4H4O4/c1-3-5-7-9-11-13-12-10-8-6-4-2;5-3(6)1-2-4(7)8/h3-12H2,1-2H3;1-2H,(H,5,6)(H,7,8). The Morgan fingerprint density at radius 2 is 1.14 bits per heavy atom. The van der Waals surface area contributed by atoms with E-state index in [0.29, 0.717) is 12.2 Å². The second-order valence-corrected chi connectivity index (χ2v) is 4.74. The number of unbranched alkanes of at least 4 members (excludes halogenated alkanes) is 6. The molecule has 0 saturated carbocycles. The molecule has 124 valence electrons. The minimum Gasteiger partial charge on any atom is -0.478 e. The molecule has 5 heteroatoms. The van der Waals surface area contributed by atoms with Crippen molar-refractivity contribution in [2.45, 2.75) is 65.2 Å². The minimum atomic E-state index is -1.26. The highest BCUT2D eigenvalue weighted by Crippen LogP contribution is 2.01. The van der Waals surface area contributed by atoms with Crippen molar-refractivity contribution in [2.24, 2.45) is 0 Å². The van der Waals surface area contributed by atoms with E-state index in [1.807, 2.05) is 0 Å². The summed E-state index contributed by atoms with van der Waals surface area (Å²) < 4.78 is 5.53. The molecule has 0 aliphatic rings. The molecule has 0 aliphatic carbocycles. The number of rotatable bonds is 12. The van der Waals surface area contributed by atoms with Crippen LogP contribution in [-0.2, 0) is 14.3 Å². The van der Waals surface area contributed by atoms with E-state index in [9.17, 15) is 9.59 Å². The first kappa shape index (κ1) is 21.9. The lowest BCUT2D eigenvalue weighted by Crippen LogP contribution is -1.96. The number of carboxylic acid groups (broad SMARTS) is 2. The van der Waals surface area contributed by atoms with Gasteiger partial charge in [-0.05, 0) is 12.8 Å². The molecule has 0 aliphatic heterocycles. The van der Waals surface area contributed by atoms with E-state index in [1.165, 1.54) is 51.4 Å². The minimum absolute atomic E-state index is 0.558. The molecule has 2 N–H and O–H groups in total. The van der Waals surface area contributed by atoms with Gasteiger partial charge in [-0.15, -0.1) is 0 Å². The van der Waals surface area contributed by atoms with E-state index in [-0.39, 0.29) is 0 Å². The van der Waals surface area contributed by atoms with Gasteiger partial charge in [0, 0.05) is 25.4 Å². The fourth-order valence-electron chi connectivity index (χ4n) is 1.51. The first-order valence-electron chi connectivity index (χ1n) is 7.76. The highest BCUT2D eigenvalue weighted by Gasteiger charge is 1.90. The zero-order valence-corrected chi connectivity index (χ0v) is 13.3. The summed E-state index contributed by atoms with van der Waals surface area (Å²) in [5, 5.41) is 15.6. The molecule has 21 heavy (non-hydrogen) atoms. The summed E-state index contributed by atoms with van der Waals surface area (Å²) in [7, 11) is 0. The van der Waals surface area contributed by atoms with E-state index < -0.39 is 11.9 Å². The van der Waals surface area contributed by atoms with Crippen molar-refractivity contribution in [3.8, 4) is 0 Å². The Bertz CT molecular complexity index is 248. The fraction of sp³-hybridized carbons (Fsp3) is 0.750. The first-order valence-corrected chi connectivity index (χ1v) is 7.76. The number of hydrogen-bond acceptors (Lipinski definition) is 3. The van der Waals surface area contributed by atoms with Crippen molar-refractivity contribution in [3.05, 3.63) is 12.2 Å². The highest BCUT2D eigenvalue weighted by molar-refractivity contribution is 5.89. The molecular weight excluding hydrogens is 272 g/mol. The SMILES string of the molecule is CCCCCCOCCCCCC.O=C(O)C=CC(=O)O. The second-order valence-electron chi connectivity index (χ2n) is 4.74. The third-order valence-electron chi connectivity index (χ3n) is 2.65. The van der Waals surface area contributed by atoms with Gasteiger partial charge in [-0.3, -0.25) is 0 Å². The van der Waals surface area contributed by atoms with Gasteiger partial charge in [0.2, 0.25) is 0 Å². The third-order valence-corrected chi connectivity index (χ3v) is 2.65. The van der Waals surface area contributed by atoms with Crippen LogP contribution in [0.25, 0.3) is 0 Å². The molecule has 0 fully saturated rings. The maximum absolute atomic E-state index is 9.55.